The van der Waals surface area contributed by atoms with Gasteiger partial charge in [-0.1, -0.05) is 43.0 Å². The van der Waals surface area contributed by atoms with Crippen molar-refractivity contribution in [2.24, 2.45) is 4.99 Å². The number of carbonyl (C=O) groups excluding carboxylic acids is 2. The second kappa shape index (κ2) is 14.5. The van der Waals surface area contributed by atoms with Gasteiger partial charge in [-0.25, -0.2) is 0 Å². The molecule has 0 fully saturated rings. The summed E-state index contributed by atoms with van der Waals surface area (Å²) >= 11 is 1.62. The fourth-order valence-electron chi connectivity index (χ4n) is 3.64. The molecule has 2 amide bonds. The van der Waals surface area contributed by atoms with Crippen LogP contribution < -0.4 is 5.32 Å². The minimum Gasteiger partial charge on any atom is -0.380 e. The zero-order valence-electron chi connectivity index (χ0n) is 20.5. The van der Waals surface area contributed by atoms with E-state index in [2.05, 4.69) is 23.5 Å². The summed E-state index contributed by atoms with van der Waals surface area (Å²) in [5, 5.41) is 23.0. The smallest absolute Gasteiger partial charge is 0.255 e. The Balaban J connectivity index is 1.73. The summed E-state index contributed by atoms with van der Waals surface area (Å²) in [6.45, 7) is 13.9. The van der Waals surface area contributed by atoms with Crippen LogP contribution in [0.5, 0.6) is 0 Å². The molecule has 1 aliphatic rings. The lowest BCUT2D eigenvalue weighted by atomic mass is 10.1. The number of carbonyl (C=O) groups is 2. The molecule has 0 radical (unpaired) electrons. The number of fused-ring (bicyclic) bond motifs is 1. The van der Waals surface area contributed by atoms with E-state index in [0.717, 1.165) is 28.4 Å². The van der Waals surface area contributed by atoms with Gasteiger partial charge in [-0.15, -0.1) is 6.58 Å². The minimum atomic E-state index is -1.82. The van der Waals surface area contributed by atoms with E-state index >= 15 is 0 Å². The van der Waals surface area contributed by atoms with Gasteiger partial charge in [0, 0.05) is 43.4 Å². The molecule has 3 N–H and O–H groups in total. The first kappa shape index (κ1) is 28.4. The molecule has 35 heavy (non-hydrogen) atoms. The highest BCUT2D eigenvalue weighted by atomic mass is 32.2. The molecule has 2 rings (SSSR count). The monoisotopic (exact) mass is 500 g/mol. The first-order valence-corrected chi connectivity index (χ1v) is 12.7. The predicted octanol–water partition coefficient (Wildman–Crippen LogP) is 2.10. The maximum Gasteiger partial charge on any atom is 0.255 e. The second-order valence-corrected chi connectivity index (χ2v) is 9.30. The SMILES string of the molecule is C=CCN=C(C)N(CCSCCNC(=O)[C@H](O)[C@@H](O)C(=O)N1Cc2ccccc2C1)C(=C)/C=C\C. The number of hydrogen-bond acceptors (Lipinski definition) is 6. The number of nitrogens with one attached hydrogen (secondary N) is 1. The number of amides is 2. The number of aliphatic hydroxyl groups is 2. The quantitative estimate of drug-likeness (QED) is 0.126. The van der Waals surface area contributed by atoms with Crippen LogP contribution in [0.15, 0.2) is 66.3 Å². The van der Waals surface area contributed by atoms with Gasteiger partial charge in [-0.2, -0.15) is 11.8 Å². The molecular formula is C26H36N4O4S. The first-order chi connectivity index (χ1) is 16.8. The van der Waals surface area contributed by atoms with Gasteiger partial charge in [0.2, 0.25) is 0 Å². The third-order valence-electron chi connectivity index (χ3n) is 5.52. The van der Waals surface area contributed by atoms with Gasteiger partial charge in [-0.3, -0.25) is 14.6 Å². The topological polar surface area (TPSA) is 105 Å². The highest BCUT2D eigenvalue weighted by molar-refractivity contribution is 7.99. The second-order valence-electron chi connectivity index (χ2n) is 8.08. The fraction of sp³-hybridized carbons (Fsp3) is 0.423. The first-order valence-electron chi connectivity index (χ1n) is 11.6. The molecular weight excluding hydrogens is 464 g/mol. The summed E-state index contributed by atoms with van der Waals surface area (Å²) in [6, 6.07) is 7.61. The lowest BCUT2D eigenvalue weighted by Crippen LogP contribution is -2.50. The van der Waals surface area contributed by atoms with E-state index in [1.807, 2.05) is 55.2 Å². The van der Waals surface area contributed by atoms with Crippen molar-refractivity contribution in [3.05, 3.63) is 72.5 Å². The van der Waals surface area contributed by atoms with Gasteiger partial charge in [0.15, 0.2) is 12.2 Å². The van der Waals surface area contributed by atoms with E-state index in [0.29, 0.717) is 38.5 Å². The van der Waals surface area contributed by atoms with Crippen LogP contribution >= 0.6 is 11.8 Å². The predicted molar refractivity (Wildman–Crippen MR) is 142 cm³/mol. The zero-order valence-corrected chi connectivity index (χ0v) is 21.3. The minimum absolute atomic E-state index is 0.302. The molecule has 0 saturated heterocycles. The van der Waals surface area contributed by atoms with Crippen molar-refractivity contribution in [3.63, 3.8) is 0 Å². The van der Waals surface area contributed by atoms with Gasteiger partial charge in [0.1, 0.15) is 5.84 Å². The number of nitrogens with zero attached hydrogens (tertiary/aromatic N) is 3. The number of hydrogen-bond donors (Lipinski definition) is 3. The molecule has 0 saturated carbocycles. The third-order valence-corrected chi connectivity index (χ3v) is 6.49. The van der Waals surface area contributed by atoms with E-state index in [1.165, 1.54) is 4.90 Å². The van der Waals surface area contributed by atoms with Crippen LogP contribution in [0.3, 0.4) is 0 Å². The third kappa shape index (κ3) is 8.38. The van der Waals surface area contributed by atoms with Gasteiger partial charge in [0.25, 0.3) is 11.8 Å². The van der Waals surface area contributed by atoms with Crippen molar-refractivity contribution in [1.29, 1.82) is 0 Å². The molecule has 1 aromatic carbocycles. The number of amidine groups is 1. The van der Waals surface area contributed by atoms with E-state index in [4.69, 9.17) is 0 Å². The molecule has 1 aromatic rings. The van der Waals surface area contributed by atoms with Gasteiger partial charge >= 0.3 is 0 Å². The molecule has 0 aliphatic carbocycles. The maximum absolute atomic E-state index is 12.6. The molecule has 9 heteroatoms. The van der Waals surface area contributed by atoms with Gasteiger partial charge < -0.3 is 25.3 Å². The normalized spacial score (nSPS) is 15.0. The van der Waals surface area contributed by atoms with Crippen LogP contribution in [-0.2, 0) is 22.7 Å². The number of benzene rings is 1. The highest BCUT2D eigenvalue weighted by Gasteiger charge is 2.35. The van der Waals surface area contributed by atoms with Crippen LogP contribution in [0.2, 0.25) is 0 Å². The number of rotatable bonds is 13. The molecule has 0 spiro atoms. The van der Waals surface area contributed by atoms with Crippen LogP contribution in [0, 0.1) is 0 Å². The lowest BCUT2D eigenvalue weighted by molar-refractivity contribution is -0.153. The number of aliphatic imine (C=N–C) groups is 1. The van der Waals surface area contributed by atoms with Crippen molar-refractivity contribution >= 4 is 29.4 Å². The van der Waals surface area contributed by atoms with Crippen molar-refractivity contribution < 1.29 is 19.8 Å². The van der Waals surface area contributed by atoms with Crippen LogP contribution in [0.25, 0.3) is 0 Å². The maximum atomic E-state index is 12.6. The molecule has 0 bridgehead atoms. The summed E-state index contributed by atoms with van der Waals surface area (Å²) in [4.78, 5) is 32.7. The van der Waals surface area contributed by atoms with E-state index in [9.17, 15) is 19.8 Å². The Hall–Kier alpha value is -2.88. The molecule has 1 aliphatic heterocycles. The van der Waals surface area contributed by atoms with Crippen LogP contribution in [0.4, 0.5) is 0 Å². The molecule has 8 nitrogen and oxygen atoms in total. The van der Waals surface area contributed by atoms with Gasteiger partial charge in [0.05, 0.1) is 6.54 Å². The van der Waals surface area contributed by atoms with E-state index < -0.39 is 24.0 Å². The summed E-state index contributed by atoms with van der Waals surface area (Å²) < 4.78 is 0. The van der Waals surface area contributed by atoms with E-state index in [-0.39, 0.29) is 0 Å². The Morgan fingerprint density at radius 2 is 1.89 bits per heavy atom. The standard InChI is InChI=1S/C26H36N4O4S/c1-5-9-19(3)30(20(4)27-12-6-2)14-16-35-15-13-28-25(33)23(31)24(32)26(34)29-17-21-10-7-8-11-22(21)18-29/h5-11,23-24,31-32H,2-3,12-18H2,1,4H3,(H,28,33)/b9-5-,27-20?/t23-,24-/m1/s1. The van der Waals surface area contributed by atoms with Crippen molar-refractivity contribution in [2.75, 3.05) is 31.1 Å². The van der Waals surface area contributed by atoms with Crippen LogP contribution in [0.1, 0.15) is 25.0 Å². The number of allylic oxidation sites excluding steroid dienone is 2. The lowest BCUT2D eigenvalue weighted by Gasteiger charge is -2.24. The molecule has 2 atom stereocenters. The summed E-state index contributed by atoms with van der Waals surface area (Å²) in [6.07, 6.45) is 1.96. The number of thioether (sulfide) groups is 1. The molecule has 0 unspecified atom stereocenters. The zero-order chi connectivity index (χ0) is 25.8. The average Bonchev–Trinajstić information content (AvgIpc) is 3.29. The molecule has 1 heterocycles. The van der Waals surface area contributed by atoms with Crippen molar-refractivity contribution in [3.8, 4) is 0 Å². The molecule has 0 aromatic heterocycles. The van der Waals surface area contributed by atoms with Crippen molar-refractivity contribution in [2.45, 2.75) is 39.1 Å². The van der Waals surface area contributed by atoms with Crippen LogP contribution in [-0.4, -0.2) is 81.0 Å². The Bertz CT molecular complexity index is 937. The fourth-order valence-corrected chi connectivity index (χ4v) is 4.40. The Morgan fingerprint density at radius 1 is 1.23 bits per heavy atom. The summed E-state index contributed by atoms with van der Waals surface area (Å²) in [5.41, 5.74) is 2.84. The Morgan fingerprint density at radius 3 is 2.49 bits per heavy atom. The number of aliphatic hydroxyl groups excluding tert-OH is 2. The largest absolute Gasteiger partial charge is 0.380 e. The highest BCUT2D eigenvalue weighted by Crippen LogP contribution is 2.23. The van der Waals surface area contributed by atoms with Crippen molar-refractivity contribution in [1.82, 2.24) is 15.1 Å². The molecule has 190 valence electrons. The average molecular weight is 501 g/mol. The van der Waals surface area contributed by atoms with Gasteiger partial charge in [-0.05, 0) is 31.1 Å². The van der Waals surface area contributed by atoms with E-state index in [1.54, 1.807) is 17.8 Å². The summed E-state index contributed by atoms with van der Waals surface area (Å²) in [7, 11) is 0. The summed E-state index contributed by atoms with van der Waals surface area (Å²) in [5.74, 6) is 0.806. The Kier molecular flexibility index (Phi) is 11.8. The Labute approximate surface area is 212 Å².